The van der Waals surface area contributed by atoms with Crippen LogP contribution in [0.1, 0.15) is 12.8 Å². The molecular formula is C20H20N2O6. The van der Waals surface area contributed by atoms with E-state index in [1.165, 1.54) is 7.11 Å². The Balaban J connectivity index is 1.47. The number of ether oxygens (including phenoxy) is 4. The third kappa shape index (κ3) is 3.17. The van der Waals surface area contributed by atoms with Crippen molar-refractivity contribution in [2.75, 3.05) is 31.6 Å². The van der Waals surface area contributed by atoms with E-state index in [-0.39, 0.29) is 18.6 Å². The van der Waals surface area contributed by atoms with Crippen LogP contribution in [-0.2, 0) is 9.59 Å². The number of hydrogen-bond acceptors (Lipinski definition) is 6. The predicted molar refractivity (Wildman–Crippen MR) is 101 cm³/mol. The smallest absolute Gasteiger partial charge is 0.240 e. The molecule has 0 saturated heterocycles. The number of benzene rings is 2. The first-order valence-electron chi connectivity index (χ1n) is 8.80. The average Bonchev–Trinajstić information content (AvgIpc) is 3.40. The summed E-state index contributed by atoms with van der Waals surface area (Å²) >= 11 is 0. The lowest BCUT2D eigenvalue weighted by atomic mass is 10.0. The van der Waals surface area contributed by atoms with Crippen LogP contribution in [-0.4, -0.2) is 32.8 Å². The molecule has 2 N–H and O–H groups in total. The molecule has 0 radical (unpaired) electrons. The van der Waals surface area contributed by atoms with E-state index in [1.807, 2.05) is 0 Å². The number of carbonyl (C=O) groups excluding carboxylic acids is 2. The maximum Gasteiger partial charge on any atom is 0.240 e. The lowest BCUT2D eigenvalue weighted by molar-refractivity contribution is -0.131. The van der Waals surface area contributed by atoms with Crippen molar-refractivity contribution < 1.29 is 28.5 Å². The first-order chi connectivity index (χ1) is 13.6. The molecule has 1 saturated carbocycles. The van der Waals surface area contributed by atoms with E-state index >= 15 is 0 Å². The zero-order valence-electron chi connectivity index (χ0n) is 15.5. The lowest BCUT2D eigenvalue weighted by Gasteiger charge is -2.17. The van der Waals surface area contributed by atoms with E-state index in [2.05, 4.69) is 10.6 Å². The summed E-state index contributed by atoms with van der Waals surface area (Å²) in [7, 11) is 3.05. The van der Waals surface area contributed by atoms with Crippen molar-refractivity contribution >= 4 is 23.2 Å². The molecule has 28 heavy (non-hydrogen) atoms. The molecule has 1 fully saturated rings. The van der Waals surface area contributed by atoms with Crippen molar-refractivity contribution in [3.05, 3.63) is 36.4 Å². The zero-order valence-corrected chi connectivity index (χ0v) is 15.5. The highest BCUT2D eigenvalue weighted by molar-refractivity contribution is 6.17. The quantitative estimate of drug-likeness (QED) is 0.744. The van der Waals surface area contributed by atoms with Crippen LogP contribution >= 0.6 is 0 Å². The Hall–Kier alpha value is -3.42. The standard InChI is InChI=1S/C20H20N2O6/c1-25-13-4-5-14(16(10-13)26-2)22-19(24)20(7-8-20)18(23)21-12-3-6-15-17(9-12)28-11-27-15/h3-6,9-10H,7-8,11H2,1-2H3,(H,21,23)(H,22,24). The molecule has 0 aromatic heterocycles. The highest BCUT2D eigenvalue weighted by Crippen LogP contribution is 2.48. The summed E-state index contributed by atoms with van der Waals surface area (Å²) in [6.07, 6.45) is 0.960. The molecule has 0 spiro atoms. The van der Waals surface area contributed by atoms with Crippen LogP contribution in [0.25, 0.3) is 0 Å². The fourth-order valence-electron chi connectivity index (χ4n) is 3.05. The molecule has 2 aromatic rings. The Morgan fingerprint density at radius 2 is 1.68 bits per heavy atom. The first-order valence-corrected chi connectivity index (χ1v) is 8.80. The lowest BCUT2D eigenvalue weighted by Crippen LogP contribution is -2.35. The van der Waals surface area contributed by atoms with Crippen LogP contribution < -0.4 is 29.6 Å². The number of rotatable bonds is 6. The molecule has 0 bridgehead atoms. The van der Waals surface area contributed by atoms with Gasteiger partial charge in [-0.1, -0.05) is 0 Å². The van der Waals surface area contributed by atoms with Gasteiger partial charge in [-0.15, -0.1) is 0 Å². The summed E-state index contributed by atoms with van der Waals surface area (Å²) in [6, 6.07) is 10.2. The van der Waals surface area contributed by atoms with Crippen LogP contribution in [0.15, 0.2) is 36.4 Å². The van der Waals surface area contributed by atoms with Crippen molar-refractivity contribution in [3.63, 3.8) is 0 Å². The van der Waals surface area contributed by atoms with Gasteiger partial charge in [0.15, 0.2) is 11.5 Å². The molecule has 8 heteroatoms. The van der Waals surface area contributed by atoms with Crippen molar-refractivity contribution in [2.45, 2.75) is 12.8 Å². The molecule has 1 heterocycles. The van der Waals surface area contributed by atoms with E-state index in [0.29, 0.717) is 47.2 Å². The molecule has 0 atom stereocenters. The van der Waals surface area contributed by atoms with Gasteiger partial charge < -0.3 is 29.6 Å². The summed E-state index contributed by atoms with van der Waals surface area (Å²) in [5.74, 6) is 1.54. The van der Waals surface area contributed by atoms with Crippen molar-refractivity contribution in [3.8, 4) is 23.0 Å². The monoisotopic (exact) mass is 384 g/mol. The highest BCUT2D eigenvalue weighted by Gasteiger charge is 2.56. The van der Waals surface area contributed by atoms with Crippen LogP contribution in [0.2, 0.25) is 0 Å². The van der Waals surface area contributed by atoms with Crippen LogP contribution in [0.5, 0.6) is 23.0 Å². The first kappa shape index (κ1) is 18.0. The minimum atomic E-state index is -1.10. The van der Waals surface area contributed by atoms with E-state index < -0.39 is 5.41 Å². The second kappa shape index (κ2) is 6.95. The van der Waals surface area contributed by atoms with E-state index in [1.54, 1.807) is 43.5 Å². The average molecular weight is 384 g/mol. The van der Waals surface area contributed by atoms with Gasteiger partial charge in [-0.25, -0.2) is 0 Å². The molecule has 0 unspecified atom stereocenters. The van der Waals surface area contributed by atoms with Crippen molar-refractivity contribution in [2.24, 2.45) is 5.41 Å². The number of nitrogens with one attached hydrogen (secondary N) is 2. The normalized spacial score (nSPS) is 15.5. The summed E-state index contributed by atoms with van der Waals surface area (Å²) in [4.78, 5) is 25.6. The molecule has 1 aliphatic carbocycles. The molecule has 146 valence electrons. The highest BCUT2D eigenvalue weighted by atomic mass is 16.7. The number of hydrogen-bond donors (Lipinski definition) is 2. The molecule has 2 amide bonds. The minimum absolute atomic E-state index is 0.156. The van der Waals surface area contributed by atoms with E-state index in [9.17, 15) is 9.59 Å². The molecular weight excluding hydrogens is 364 g/mol. The Morgan fingerprint density at radius 1 is 0.929 bits per heavy atom. The number of amides is 2. The fourth-order valence-corrected chi connectivity index (χ4v) is 3.05. The zero-order chi connectivity index (χ0) is 19.7. The van der Waals surface area contributed by atoms with Gasteiger partial charge in [0.05, 0.1) is 19.9 Å². The number of fused-ring (bicyclic) bond motifs is 1. The number of methoxy groups -OCH3 is 2. The van der Waals surface area contributed by atoms with Crippen molar-refractivity contribution in [1.82, 2.24) is 0 Å². The number of carbonyl (C=O) groups is 2. The van der Waals surface area contributed by atoms with E-state index in [0.717, 1.165) is 0 Å². The predicted octanol–water partition coefficient (Wildman–Crippen LogP) is 2.79. The molecule has 2 aliphatic rings. The third-order valence-electron chi connectivity index (χ3n) is 4.91. The molecule has 4 rings (SSSR count). The Bertz CT molecular complexity index is 938. The van der Waals surface area contributed by atoms with Gasteiger partial charge in [-0.05, 0) is 37.1 Å². The fraction of sp³-hybridized carbons (Fsp3) is 0.300. The van der Waals surface area contributed by atoms with Gasteiger partial charge in [-0.3, -0.25) is 9.59 Å². The van der Waals surface area contributed by atoms with Gasteiger partial charge in [0.25, 0.3) is 0 Å². The van der Waals surface area contributed by atoms with Gasteiger partial charge >= 0.3 is 0 Å². The number of anilines is 2. The Kier molecular flexibility index (Phi) is 4.46. The minimum Gasteiger partial charge on any atom is -0.497 e. The maximum atomic E-state index is 12.8. The summed E-state index contributed by atoms with van der Waals surface area (Å²) in [5.41, 5.74) is -0.0628. The second-order valence-corrected chi connectivity index (χ2v) is 6.62. The van der Waals surface area contributed by atoms with Crippen LogP contribution in [0.4, 0.5) is 11.4 Å². The van der Waals surface area contributed by atoms with Gasteiger partial charge in [-0.2, -0.15) is 0 Å². The van der Waals surface area contributed by atoms with Crippen molar-refractivity contribution in [1.29, 1.82) is 0 Å². The summed E-state index contributed by atoms with van der Waals surface area (Å²) in [6.45, 7) is 0.156. The van der Waals surface area contributed by atoms with Gasteiger partial charge in [0.2, 0.25) is 18.6 Å². The van der Waals surface area contributed by atoms with E-state index in [4.69, 9.17) is 18.9 Å². The molecule has 2 aromatic carbocycles. The van der Waals surface area contributed by atoms with Crippen LogP contribution in [0.3, 0.4) is 0 Å². The van der Waals surface area contributed by atoms with Crippen LogP contribution in [0, 0.1) is 5.41 Å². The SMILES string of the molecule is COc1ccc(NC(=O)C2(C(=O)Nc3ccc4c(c3)OCO4)CC2)c(OC)c1. The molecule has 1 aliphatic heterocycles. The summed E-state index contributed by atoms with van der Waals surface area (Å²) < 4.78 is 21.0. The van der Waals surface area contributed by atoms with Gasteiger partial charge in [0, 0.05) is 17.8 Å². The summed E-state index contributed by atoms with van der Waals surface area (Å²) in [5, 5.41) is 5.60. The Labute approximate surface area is 161 Å². The van der Waals surface area contributed by atoms with Gasteiger partial charge in [0.1, 0.15) is 16.9 Å². The largest absolute Gasteiger partial charge is 0.497 e. The Morgan fingerprint density at radius 3 is 2.39 bits per heavy atom. The maximum absolute atomic E-state index is 12.8. The second-order valence-electron chi connectivity index (χ2n) is 6.62. The molecule has 8 nitrogen and oxygen atoms in total. The third-order valence-corrected chi connectivity index (χ3v) is 4.91. The topological polar surface area (TPSA) is 95.1 Å².